The molecule has 2 aliphatic heterocycles. The van der Waals surface area contributed by atoms with Gasteiger partial charge >= 0.3 is 0 Å². The maximum Gasteiger partial charge on any atom is 0.253 e. The van der Waals surface area contributed by atoms with E-state index in [1.54, 1.807) is 26.4 Å². The molecule has 0 radical (unpaired) electrons. The number of aliphatic imine (C=N–C) groups is 1. The number of fused-ring (bicyclic) bond motifs is 1. The third kappa shape index (κ3) is 3.94. The van der Waals surface area contributed by atoms with Crippen LogP contribution in [0, 0.1) is 5.41 Å². The van der Waals surface area contributed by atoms with Crippen LogP contribution in [-0.4, -0.2) is 56.5 Å². The van der Waals surface area contributed by atoms with Gasteiger partial charge in [-0.15, -0.1) is 0 Å². The van der Waals surface area contributed by atoms with E-state index in [4.69, 9.17) is 9.47 Å². The molecule has 0 bridgehead atoms. The Labute approximate surface area is 164 Å². The molecule has 0 aromatic heterocycles. The average molecular weight is 413 g/mol. The Hall–Kier alpha value is -1.74. The van der Waals surface area contributed by atoms with Gasteiger partial charge in [0.2, 0.25) is 0 Å². The SMILES string of the molecule is COc1ccc(N2C(=NC(=O)C(C)(C)C)S[C@H]3CS(=O)(=O)C[C@H]32)c(OC)c1. The zero-order valence-corrected chi connectivity index (χ0v) is 17.7. The Morgan fingerprint density at radius 2 is 1.93 bits per heavy atom. The lowest BCUT2D eigenvalue weighted by molar-refractivity contribution is -0.124. The van der Waals surface area contributed by atoms with Crippen molar-refractivity contribution >= 4 is 38.4 Å². The monoisotopic (exact) mass is 412 g/mol. The second-order valence-electron chi connectivity index (χ2n) is 7.66. The maximum absolute atomic E-state index is 12.5. The third-order valence-electron chi connectivity index (χ3n) is 4.55. The topological polar surface area (TPSA) is 85.3 Å². The lowest BCUT2D eigenvalue weighted by atomic mass is 9.96. The fourth-order valence-corrected chi connectivity index (χ4v) is 6.99. The van der Waals surface area contributed by atoms with Crippen LogP contribution in [0.3, 0.4) is 0 Å². The minimum atomic E-state index is -3.13. The van der Waals surface area contributed by atoms with Crippen molar-refractivity contribution in [3.05, 3.63) is 18.2 Å². The van der Waals surface area contributed by atoms with Crippen LogP contribution in [0.4, 0.5) is 5.69 Å². The number of benzene rings is 1. The lowest BCUT2D eigenvalue weighted by Gasteiger charge is -2.27. The number of ether oxygens (including phenoxy) is 2. The molecule has 9 heteroatoms. The number of carbonyl (C=O) groups excluding carboxylic acids is 1. The first-order valence-corrected chi connectivity index (χ1v) is 11.3. The van der Waals surface area contributed by atoms with Crippen molar-refractivity contribution in [3.63, 3.8) is 0 Å². The number of nitrogens with zero attached hydrogens (tertiary/aromatic N) is 2. The van der Waals surface area contributed by atoms with E-state index < -0.39 is 15.3 Å². The summed E-state index contributed by atoms with van der Waals surface area (Å²) in [5, 5.41) is 0.358. The van der Waals surface area contributed by atoms with Crippen molar-refractivity contribution in [2.45, 2.75) is 32.1 Å². The molecule has 2 atom stereocenters. The minimum Gasteiger partial charge on any atom is -0.497 e. The molecular formula is C18H24N2O5S2. The minimum absolute atomic E-state index is 0.0303. The molecule has 0 aliphatic carbocycles. The number of methoxy groups -OCH3 is 2. The van der Waals surface area contributed by atoms with E-state index >= 15 is 0 Å². The van der Waals surface area contributed by atoms with Crippen LogP contribution in [0.2, 0.25) is 0 Å². The van der Waals surface area contributed by atoms with Crippen LogP contribution in [0.5, 0.6) is 11.5 Å². The van der Waals surface area contributed by atoms with Gasteiger partial charge in [-0.1, -0.05) is 32.5 Å². The van der Waals surface area contributed by atoms with Crippen LogP contribution in [-0.2, 0) is 14.6 Å². The number of rotatable bonds is 3. The van der Waals surface area contributed by atoms with E-state index in [1.165, 1.54) is 11.8 Å². The fourth-order valence-electron chi connectivity index (χ4n) is 3.08. The maximum atomic E-state index is 12.5. The Bertz CT molecular complexity index is 890. The number of hydrogen-bond donors (Lipinski definition) is 0. The van der Waals surface area contributed by atoms with Gasteiger partial charge in [-0.25, -0.2) is 8.42 Å². The molecule has 27 heavy (non-hydrogen) atoms. The molecular weight excluding hydrogens is 388 g/mol. The first-order chi connectivity index (χ1) is 12.6. The Balaban J connectivity index is 2.09. The van der Waals surface area contributed by atoms with Gasteiger partial charge in [0.1, 0.15) is 11.5 Å². The summed E-state index contributed by atoms with van der Waals surface area (Å²) in [5.74, 6) is 1.03. The molecule has 1 aromatic rings. The van der Waals surface area contributed by atoms with Crippen molar-refractivity contribution in [2.75, 3.05) is 30.6 Å². The molecule has 0 spiro atoms. The van der Waals surface area contributed by atoms with Crippen molar-refractivity contribution in [3.8, 4) is 11.5 Å². The quantitative estimate of drug-likeness (QED) is 0.753. The number of sulfone groups is 1. The Morgan fingerprint density at radius 3 is 2.52 bits per heavy atom. The molecule has 2 heterocycles. The Morgan fingerprint density at radius 1 is 1.22 bits per heavy atom. The van der Waals surface area contributed by atoms with E-state index in [9.17, 15) is 13.2 Å². The molecule has 3 rings (SSSR count). The zero-order chi connectivity index (χ0) is 20.0. The number of carbonyl (C=O) groups is 1. The molecule has 0 saturated carbocycles. The van der Waals surface area contributed by atoms with Gasteiger partial charge in [0.15, 0.2) is 15.0 Å². The first-order valence-electron chi connectivity index (χ1n) is 8.57. The van der Waals surface area contributed by atoms with E-state index in [0.29, 0.717) is 22.4 Å². The molecule has 7 nitrogen and oxygen atoms in total. The van der Waals surface area contributed by atoms with Gasteiger partial charge < -0.3 is 14.4 Å². The van der Waals surface area contributed by atoms with E-state index in [2.05, 4.69) is 4.99 Å². The number of hydrogen-bond acceptors (Lipinski definition) is 6. The van der Waals surface area contributed by atoms with E-state index in [-0.39, 0.29) is 28.7 Å². The van der Waals surface area contributed by atoms with Crippen LogP contribution in [0.25, 0.3) is 0 Å². The summed E-state index contributed by atoms with van der Waals surface area (Å²) in [7, 11) is -0.0198. The predicted molar refractivity (Wildman–Crippen MR) is 108 cm³/mol. The fraction of sp³-hybridized carbons (Fsp3) is 0.556. The Kier molecular flexibility index (Phi) is 5.20. The van der Waals surface area contributed by atoms with Crippen molar-refractivity contribution in [2.24, 2.45) is 10.4 Å². The van der Waals surface area contributed by atoms with Crippen LogP contribution < -0.4 is 14.4 Å². The van der Waals surface area contributed by atoms with Gasteiger partial charge in [-0.05, 0) is 12.1 Å². The smallest absolute Gasteiger partial charge is 0.253 e. The normalized spacial score (nSPS) is 25.5. The average Bonchev–Trinajstić information content (AvgIpc) is 3.04. The summed E-state index contributed by atoms with van der Waals surface area (Å²) in [4.78, 5) is 18.7. The third-order valence-corrected chi connectivity index (χ3v) is 7.76. The molecule has 1 amide bonds. The van der Waals surface area contributed by atoms with Gasteiger partial charge in [0, 0.05) is 16.7 Å². The second-order valence-corrected chi connectivity index (χ2v) is 11.0. The standard InChI is InChI=1S/C18H24N2O5S2/c1-18(2,3)16(21)19-17-20(13-9-27(22,23)10-15(13)26-17)12-7-6-11(24-4)8-14(12)25-5/h6-8,13,15H,9-10H2,1-5H3/t13-,15+/m1/s1. The number of thioether (sulfide) groups is 1. The highest BCUT2D eigenvalue weighted by Gasteiger charge is 2.50. The van der Waals surface area contributed by atoms with E-state index in [1.807, 2.05) is 31.7 Å². The molecule has 148 valence electrons. The molecule has 2 fully saturated rings. The molecule has 1 aromatic carbocycles. The lowest BCUT2D eigenvalue weighted by Crippen LogP contribution is -2.38. The highest BCUT2D eigenvalue weighted by atomic mass is 32.2. The summed E-state index contributed by atoms with van der Waals surface area (Å²) < 4.78 is 35.1. The van der Waals surface area contributed by atoms with Crippen molar-refractivity contribution in [1.29, 1.82) is 0 Å². The second kappa shape index (κ2) is 7.01. The largest absolute Gasteiger partial charge is 0.497 e. The highest BCUT2D eigenvalue weighted by molar-refractivity contribution is 8.16. The molecule has 2 aliphatic rings. The summed E-state index contributed by atoms with van der Waals surface area (Å²) in [6, 6.07) is 5.04. The highest BCUT2D eigenvalue weighted by Crippen LogP contribution is 2.45. The van der Waals surface area contributed by atoms with E-state index in [0.717, 1.165) is 0 Å². The summed E-state index contributed by atoms with van der Waals surface area (Å²) in [5.41, 5.74) is 0.0587. The number of amidine groups is 1. The molecule has 2 saturated heterocycles. The van der Waals surface area contributed by atoms with Gasteiger partial charge in [-0.3, -0.25) is 4.79 Å². The van der Waals surface area contributed by atoms with Gasteiger partial charge in [0.05, 0.1) is 37.5 Å². The van der Waals surface area contributed by atoms with Crippen molar-refractivity contribution in [1.82, 2.24) is 0 Å². The van der Waals surface area contributed by atoms with Crippen LogP contribution in [0.1, 0.15) is 20.8 Å². The zero-order valence-electron chi connectivity index (χ0n) is 16.1. The van der Waals surface area contributed by atoms with Gasteiger partial charge in [0.25, 0.3) is 5.91 Å². The predicted octanol–water partition coefficient (Wildman–Crippen LogP) is 2.35. The molecule has 0 N–H and O–H groups in total. The van der Waals surface area contributed by atoms with Crippen molar-refractivity contribution < 1.29 is 22.7 Å². The van der Waals surface area contributed by atoms with Crippen LogP contribution in [0.15, 0.2) is 23.2 Å². The summed E-state index contributed by atoms with van der Waals surface area (Å²) >= 11 is 1.35. The summed E-state index contributed by atoms with van der Waals surface area (Å²) in [6.07, 6.45) is 0. The summed E-state index contributed by atoms with van der Waals surface area (Å²) in [6.45, 7) is 5.42. The number of anilines is 1. The van der Waals surface area contributed by atoms with Crippen LogP contribution >= 0.6 is 11.8 Å². The first kappa shape index (κ1) is 20.0. The van der Waals surface area contributed by atoms with Gasteiger partial charge in [-0.2, -0.15) is 4.99 Å². The number of amides is 1. The molecule has 0 unspecified atom stereocenters.